The zero-order valence-electron chi connectivity index (χ0n) is 12.4. The highest BCUT2D eigenvalue weighted by Gasteiger charge is 2.20. The lowest BCUT2D eigenvalue weighted by Crippen LogP contribution is -2.36. The smallest absolute Gasteiger partial charge is 0.267 e. The summed E-state index contributed by atoms with van der Waals surface area (Å²) in [6.07, 6.45) is 3.19. The number of rotatable bonds is 3. The number of benzene rings is 1. The third-order valence-corrected chi connectivity index (χ3v) is 3.76. The summed E-state index contributed by atoms with van der Waals surface area (Å²) in [7, 11) is 0. The number of nitrogens with two attached hydrogens (primary N) is 1. The molecule has 0 aliphatic heterocycles. The second-order valence-corrected chi connectivity index (χ2v) is 6.55. The molecule has 0 atom stereocenters. The number of amides is 1. The largest absolute Gasteiger partial charge is 0.268 e. The van der Waals surface area contributed by atoms with Crippen LogP contribution in [0.5, 0.6) is 0 Å². The van der Waals surface area contributed by atoms with Crippen LogP contribution in [-0.2, 0) is 10.2 Å². The molecule has 0 saturated carbocycles. The topological polar surface area (TPSA) is 59.2 Å². The highest BCUT2D eigenvalue weighted by atomic mass is 32.1. The van der Waals surface area contributed by atoms with Crippen molar-refractivity contribution in [2.24, 2.45) is 5.84 Å². The van der Waals surface area contributed by atoms with Gasteiger partial charge in [-0.05, 0) is 11.6 Å². The number of anilines is 1. The molecule has 0 bridgehead atoms. The molecule has 0 fully saturated rings. The summed E-state index contributed by atoms with van der Waals surface area (Å²) in [5.74, 6) is 5.54. The Bertz CT molecular complexity index is 641. The van der Waals surface area contributed by atoms with Crippen LogP contribution in [0.3, 0.4) is 0 Å². The van der Waals surface area contributed by atoms with Gasteiger partial charge < -0.3 is 0 Å². The number of hydrazine groups is 1. The molecule has 2 rings (SSSR count). The SMILES string of the molecule is CC(C)(C)c1csc(N(N)C(=O)C=Cc2ccccc2)n1. The first kappa shape index (κ1) is 15.4. The van der Waals surface area contributed by atoms with Crippen LogP contribution in [0.15, 0.2) is 41.8 Å². The molecule has 2 aromatic rings. The van der Waals surface area contributed by atoms with E-state index in [1.54, 1.807) is 6.08 Å². The van der Waals surface area contributed by atoms with Crippen LogP contribution in [-0.4, -0.2) is 10.9 Å². The molecule has 0 spiro atoms. The van der Waals surface area contributed by atoms with E-state index in [0.717, 1.165) is 16.3 Å². The molecule has 0 aliphatic carbocycles. The Hall–Kier alpha value is -1.98. The van der Waals surface area contributed by atoms with Gasteiger partial charge in [0.05, 0.1) is 5.69 Å². The van der Waals surface area contributed by atoms with E-state index in [0.29, 0.717) is 5.13 Å². The average molecular weight is 301 g/mol. The molecule has 1 heterocycles. The summed E-state index contributed by atoms with van der Waals surface area (Å²) in [6.45, 7) is 6.22. The molecule has 1 aromatic carbocycles. The van der Waals surface area contributed by atoms with Crippen LogP contribution < -0.4 is 10.9 Å². The molecule has 4 nitrogen and oxygen atoms in total. The first-order chi connectivity index (χ1) is 9.88. The molecule has 21 heavy (non-hydrogen) atoms. The second kappa shape index (κ2) is 6.20. The monoisotopic (exact) mass is 301 g/mol. The maximum Gasteiger partial charge on any atom is 0.267 e. The predicted molar refractivity (Wildman–Crippen MR) is 88.0 cm³/mol. The van der Waals surface area contributed by atoms with Gasteiger partial charge in [0, 0.05) is 16.9 Å². The van der Waals surface area contributed by atoms with E-state index in [4.69, 9.17) is 5.84 Å². The molecule has 1 aromatic heterocycles. The number of hydrogen-bond acceptors (Lipinski definition) is 4. The Labute approximate surface area is 128 Å². The zero-order valence-corrected chi connectivity index (χ0v) is 13.2. The van der Waals surface area contributed by atoms with Crippen LogP contribution >= 0.6 is 11.3 Å². The van der Waals surface area contributed by atoms with Gasteiger partial charge in [0.2, 0.25) is 5.13 Å². The Morgan fingerprint density at radius 3 is 2.52 bits per heavy atom. The summed E-state index contributed by atoms with van der Waals surface area (Å²) in [5.41, 5.74) is 1.82. The standard InChI is InChI=1S/C16H19N3OS/c1-16(2,3)13-11-21-15(18-13)19(17)14(20)10-9-12-7-5-4-6-8-12/h4-11H,17H2,1-3H3. The summed E-state index contributed by atoms with van der Waals surface area (Å²) >= 11 is 1.37. The second-order valence-electron chi connectivity index (χ2n) is 5.72. The highest BCUT2D eigenvalue weighted by Crippen LogP contribution is 2.27. The maximum absolute atomic E-state index is 12.1. The lowest BCUT2D eigenvalue weighted by molar-refractivity contribution is -0.114. The van der Waals surface area contributed by atoms with E-state index < -0.39 is 0 Å². The average Bonchev–Trinajstić information content (AvgIpc) is 2.95. The fraction of sp³-hybridized carbons (Fsp3) is 0.250. The van der Waals surface area contributed by atoms with E-state index in [9.17, 15) is 4.79 Å². The predicted octanol–water partition coefficient (Wildman–Crippen LogP) is 3.36. The van der Waals surface area contributed by atoms with Gasteiger partial charge in [-0.1, -0.05) is 51.1 Å². The van der Waals surface area contributed by atoms with Crippen LogP contribution in [0.4, 0.5) is 5.13 Å². The fourth-order valence-electron chi connectivity index (χ4n) is 1.63. The lowest BCUT2D eigenvalue weighted by Gasteiger charge is -2.15. The summed E-state index contributed by atoms with van der Waals surface area (Å²) < 4.78 is 0. The van der Waals surface area contributed by atoms with Crippen LogP contribution in [0.25, 0.3) is 6.08 Å². The fourth-order valence-corrected chi connectivity index (χ4v) is 2.60. The van der Waals surface area contributed by atoms with Crippen molar-refractivity contribution in [3.63, 3.8) is 0 Å². The van der Waals surface area contributed by atoms with E-state index in [1.165, 1.54) is 17.4 Å². The quantitative estimate of drug-likeness (QED) is 0.409. The third-order valence-electron chi connectivity index (χ3n) is 2.92. The van der Waals surface area contributed by atoms with E-state index >= 15 is 0 Å². The molecular weight excluding hydrogens is 282 g/mol. The van der Waals surface area contributed by atoms with Gasteiger partial charge in [0.1, 0.15) is 0 Å². The van der Waals surface area contributed by atoms with Crippen molar-refractivity contribution in [1.82, 2.24) is 4.98 Å². The molecule has 5 heteroatoms. The number of hydrogen-bond donors (Lipinski definition) is 1. The van der Waals surface area contributed by atoms with Crippen molar-refractivity contribution in [2.45, 2.75) is 26.2 Å². The first-order valence-electron chi connectivity index (χ1n) is 6.66. The number of carbonyl (C=O) groups is 1. The van der Waals surface area contributed by atoms with Gasteiger partial charge >= 0.3 is 0 Å². The first-order valence-corrected chi connectivity index (χ1v) is 7.54. The molecule has 110 valence electrons. The summed E-state index contributed by atoms with van der Waals surface area (Å²) in [6, 6.07) is 9.61. The summed E-state index contributed by atoms with van der Waals surface area (Å²) in [5, 5.41) is 3.52. The van der Waals surface area contributed by atoms with Crippen molar-refractivity contribution in [3.05, 3.63) is 53.0 Å². The number of thiazole rings is 1. The van der Waals surface area contributed by atoms with Crippen molar-refractivity contribution in [2.75, 3.05) is 5.01 Å². The van der Waals surface area contributed by atoms with Crippen molar-refractivity contribution in [1.29, 1.82) is 0 Å². The van der Waals surface area contributed by atoms with Gasteiger partial charge in [0.15, 0.2) is 0 Å². The highest BCUT2D eigenvalue weighted by molar-refractivity contribution is 7.14. The van der Waals surface area contributed by atoms with Crippen molar-refractivity contribution >= 4 is 28.5 Å². The van der Waals surface area contributed by atoms with Crippen molar-refractivity contribution in [3.8, 4) is 0 Å². The minimum Gasteiger partial charge on any atom is -0.268 e. The molecule has 0 saturated heterocycles. The molecule has 0 unspecified atom stereocenters. The van der Waals surface area contributed by atoms with E-state index in [2.05, 4.69) is 25.8 Å². The van der Waals surface area contributed by atoms with Gasteiger partial charge in [-0.15, -0.1) is 11.3 Å². The van der Waals surface area contributed by atoms with Crippen molar-refractivity contribution < 1.29 is 4.79 Å². The van der Waals surface area contributed by atoms with Crippen LogP contribution in [0.2, 0.25) is 0 Å². The van der Waals surface area contributed by atoms with Gasteiger partial charge in [0.25, 0.3) is 5.91 Å². The Morgan fingerprint density at radius 1 is 1.29 bits per heavy atom. The number of carbonyl (C=O) groups excluding carboxylic acids is 1. The van der Waals surface area contributed by atoms with Gasteiger partial charge in [-0.25, -0.2) is 15.8 Å². The Morgan fingerprint density at radius 2 is 1.95 bits per heavy atom. The minimum atomic E-state index is -0.298. The van der Waals surface area contributed by atoms with Gasteiger partial charge in [-0.3, -0.25) is 4.79 Å². The van der Waals surface area contributed by atoms with Crippen LogP contribution in [0, 0.1) is 0 Å². The maximum atomic E-state index is 12.1. The molecule has 0 radical (unpaired) electrons. The van der Waals surface area contributed by atoms with E-state index in [-0.39, 0.29) is 11.3 Å². The Balaban J connectivity index is 2.09. The molecule has 2 N–H and O–H groups in total. The summed E-state index contributed by atoms with van der Waals surface area (Å²) in [4.78, 5) is 16.5. The third kappa shape index (κ3) is 4.00. The molecule has 0 aliphatic rings. The number of aromatic nitrogens is 1. The molecular formula is C16H19N3OS. The minimum absolute atomic E-state index is 0.0570. The lowest BCUT2D eigenvalue weighted by atomic mass is 9.93. The van der Waals surface area contributed by atoms with E-state index in [1.807, 2.05) is 35.7 Å². The zero-order chi connectivity index (χ0) is 15.5. The Kier molecular flexibility index (Phi) is 4.55. The normalized spacial score (nSPS) is 11.8. The molecule has 1 amide bonds. The van der Waals surface area contributed by atoms with Crippen LogP contribution in [0.1, 0.15) is 32.0 Å². The number of nitrogens with zero attached hydrogens (tertiary/aromatic N) is 2. The van der Waals surface area contributed by atoms with Gasteiger partial charge in [-0.2, -0.15) is 0 Å².